The van der Waals surface area contributed by atoms with Crippen molar-refractivity contribution in [2.24, 2.45) is 15.3 Å². The molecule has 0 fully saturated rings. The molecule has 0 spiro atoms. The average Bonchev–Trinajstić information content (AvgIpc) is 2.94. The summed E-state index contributed by atoms with van der Waals surface area (Å²) in [6.07, 6.45) is 0.794. The summed E-state index contributed by atoms with van der Waals surface area (Å²) < 4.78 is 23.7. The van der Waals surface area contributed by atoms with Gasteiger partial charge in [-0.25, -0.2) is 8.42 Å². The molecule has 0 aromatic heterocycles. The van der Waals surface area contributed by atoms with E-state index in [-0.39, 0.29) is 5.69 Å². The number of nitrogens with zero attached hydrogens (tertiary/aromatic N) is 5. The maximum absolute atomic E-state index is 12.6. The fourth-order valence-electron chi connectivity index (χ4n) is 2.63. The lowest BCUT2D eigenvalue weighted by Gasteiger charge is -2.11. The minimum atomic E-state index is -3.97. The molecule has 3 rings (SSSR count). The molecule has 29 heavy (non-hydrogen) atoms. The average molecular weight is 417 g/mol. The molecule has 1 N–H and O–H groups in total. The van der Waals surface area contributed by atoms with E-state index in [1.807, 2.05) is 0 Å². The van der Waals surface area contributed by atoms with E-state index >= 15 is 0 Å². The van der Waals surface area contributed by atoms with Crippen LogP contribution in [0.25, 0.3) is 0 Å². The highest BCUT2D eigenvalue weighted by Crippen LogP contribution is 2.37. The van der Waals surface area contributed by atoms with Gasteiger partial charge in [-0.1, -0.05) is 18.2 Å². The second-order valence-corrected chi connectivity index (χ2v) is 8.17. The molecule has 1 heterocycles. The Morgan fingerprint density at radius 1 is 1.24 bits per heavy atom. The fraction of sp³-hybridized carbons (Fsp3) is 0.176. The molecule has 0 radical (unpaired) electrons. The number of hydrogen-bond donors (Lipinski definition) is 1. The van der Waals surface area contributed by atoms with E-state index in [4.69, 9.17) is 0 Å². The van der Waals surface area contributed by atoms with Gasteiger partial charge in [0.1, 0.15) is 16.3 Å². The topological polar surface area (TPSA) is 155 Å². The predicted molar refractivity (Wildman–Crippen MR) is 103 cm³/mol. The molecule has 1 amide bonds. The van der Waals surface area contributed by atoms with Crippen molar-refractivity contribution in [3.05, 3.63) is 52.6 Å². The van der Waals surface area contributed by atoms with Crippen molar-refractivity contribution in [1.29, 1.82) is 0 Å². The number of anilines is 1. The van der Waals surface area contributed by atoms with Gasteiger partial charge < -0.3 is 5.11 Å². The molecule has 12 heteroatoms. The van der Waals surface area contributed by atoms with Gasteiger partial charge in [0.2, 0.25) is 0 Å². The number of hydrogen-bond acceptors (Lipinski definition) is 9. The van der Waals surface area contributed by atoms with Gasteiger partial charge in [0.15, 0.2) is 15.9 Å². The van der Waals surface area contributed by atoms with Gasteiger partial charge >= 0.3 is 0 Å². The van der Waals surface area contributed by atoms with E-state index in [0.29, 0.717) is 17.5 Å². The number of amides is 1. The third-order valence-corrected chi connectivity index (χ3v) is 5.16. The number of phenolic OH excluding ortho intramolecular Hbond substituents is 1. The number of hydrazone groups is 1. The molecule has 0 saturated heterocycles. The Morgan fingerprint density at radius 3 is 2.48 bits per heavy atom. The lowest BCUT2D eigenvalue weighted by Crippen LogP contribution is -2.29. The van der Waals surface area contributed by atoms with Crippen LogP contribution in [0, 0.1) is 10.1 Å². The van der Waals surface area contributed by atoms with E-state index < -0.39 is 43.0 Å². The highest BCUT2D eigenvalue weighted by molar-refractivity contribution is 7.90. The van der Waals surface area contributed by atoms with Gasteiger partial charge in [0.05, 0.1) is 22.4 Å². The molecular formula is C17H15N5O6S. The number of sulfone groups is 1. The zero-order valence-electron chi connectivity index (χ0n) is 15.3. The van der Waals surface area contributed by atoms with Crippen molar-refractivity contribution in [2.45, 2.75) is 17.9 Å². The highest BCUT2D eigenvalue weighted by Gasteiger charge is 2.35. The Morgan fingerprint density at radius 2 is 1.90 bits per heavy atom. The first-order valence-electron chi connectivity index (χ1n) is 8.16. The van der Waals surface area contributed by atoms with Gasteiger partial charge in [-0.3, -0.25) is 14.9 Å². The summed E-state index contributed by atoms with van der Waals surface area (Å²) in [4.78, 5) is 22.1. The van der Waals surface area contributed by atoms with Crippen molar-refractivity contribution in [3.8, 4) is 5.75 Å². The smallest absolute Gasteiger partial charge is 0.291 e. The van der Waals surface area contributed by atoms with Crippen LogP contribution in [0.15, 0.2) is 62.7 Å². The molecule has 1 unspecified atom stereocenters. The van der Waals surface area contributed by atoms with Gasteiger partial charge in [-0.05, 0) is 25.1 Å². The molecule has 150 valence electrons. The van der Waals surface area contributed by atoms with E-state index in [2.05, 4.69) is 15.3 Å². The predicted octanol–water partition coefficient (Wildman–Crippen LogP) is 2.58. The van der Waals surface area contributed by atoms with Crippen LogP contribution in [-0.2, 0) is 14.6 Å². The van der Waals surface area contributed by atoms with Crippen molar-refractivity contribution in [3.63, 3.8) is 0 Å². The number of carbonyl (C=O) groups is 1. The number of carbonyl (C=O) groups excluding carboxylic acids is 1. The van der Waals surface area contributed by atoms with Crippen LogP contribution in [-0.4, -0.2) is 42.4 Å². The Balaban J connectivity index is 1.95. The van der Waals surface area contributed by atoms with Gasteiger partial charge in [-0.15, -0.1) is 0 Å². The number of nitro benzene ring substituents is 1. The van der Waals surface area contributed by atoms with Crippen molar-refractivity contribution in [1.82, 2.24) is 0 Å². The lowest BCUT2D eigenvalue weighted by molar-refractivity contribution is -0.387. The van der Waals surface area contributed by atoms with Crippen molar-refractivity contribution in [2.75, 3.05) is 11.3 Å². The van der Waals surface area contributed by atoms with E-state index in [1.165, 1.54) is 0 Å². The monoisotopic (exact) mass is 417 g/mol. The summed E-state index contributed by atoms with van der Waals surface area (Å²) in [6.45, 7) is 1.57. The summed E-state index contributed by atoms with van der Waals surface area (Å²) in [7, 11) is -3.97. The fourth-order valence-corrected chi connectivity index (χ4v) is 3.47. The third kappa shape index (κ3) is 3.96. The number of nitro groups is 1. The zero-order chi connectivity index (χ0) is 21.3. The van der Waals surface area contributed by atoms with Crippen LogP contribution >= 0.6 is 0 Å². The van der Waals surface area contributed by atoms with Crippen LogP contribution in [0.3, 0.4) is 0 Å². The summed E-state index contributed by atoms with van der Waals surface area (Å²) in [5.41, 5.74) is -0.233. The first kappa shape index (κ1) is 20.1. The molecular weight excluding hydrogens is 402 g/mol. The largest absolute Gasteiger partial charge is 0.505 e. The Bertz CT molecular complexity index is 1160. The first-order valence-corrected chi connectivity index (χ1v) is 10.0. The zero-order valence-corrected chi connectivity index (χ0v) is 16.1. The quantitative estimate of drug-likeness (QED) is 0.448. The number of azo groups is 1. The maximum atomic E-state index is 12.6. The second-order valence-electron chi connectivity index (χ2n) is 6.18. The summed E-state index contributed by atoms with van der Waals surface area (Å²) in [5, 5.41) is 34.0. The number of phenols is 1. The molecule has 2 aromatic rings. The molecule has 1 aliphatic rings. The SMILES string of the molecule is CC1=NN(c2ccccc2)C(=O)C1N=Nc1cc(S(C)(=O)=O)c([N+](=O)[O-])cc1O. The van der Waals surface area contributed by atoms with Crippen molar-refractivity contribution >= 4 is 38.5 Å². The molecule has 1 aliphatic heterocycles. The Kier molecular flexibility index (Phi) is 5.12. The Hall–Kier alpha value is -3.67. The van der Waals surface area contributed by atoms with Gasteiger partial charge in [0.25, 0.3) is 11.6 Å². The first-order chi connectivity index (χ1) is 13.6. The second kappa shape index (κ2) is 7.39. The van der Waals surface area contributed by atoms with Crippen LogP contribution in [0.4, 0.5) is 17.1 Å². The maximum Gasteiger partial charge on any atom is 0.291 e. The number of para-hydroxylation sites is 1. The molecule has 0 aliphatic carbocycles. The van der Waals surface area contributed by atoms with Gasteiger partial charge in [-0.2, -0.15) is 20.3 Å². The van der Waals surface area contributed by atoms with Crippen LogP contribution in [0.1, 0.15) is 6.92 Å². The van der Waals surface area contributed by atoms with E-state index in [9.17, 15) is 28.4 Å². The van der Waals surface area contributed by atoms with Crippen LogP contribution < -0.4 is 5.01 Å². The van der Waals surface area contributed by atoms with Crippen molar-refractivity contribution < 1.29 is 23.2 Å². The molecule has 0 bridgehead atoms. The number of aromatic hydroxyl groups is 1. The van der Waals surface area contributed by atoms with E-state index in [0.717, 1.165) is 17.3 Å². The van der Waals surface area contributed by atoms with E-state index in [1.54, 1.807) is 37.3 Å². The Labute approximate surface area is 165 Å². The molecule has 2 aromatic carbocycles. The molecule has 0 saturated carbocycles. The summed E-state index contributed by atoms with van der Waals surface area (Å²) in [6, 6.07) is 9.09. The standard InChI is InChI=1S/C17H15N5O6S/c1-10-16(17(24)21(20-10)11-6-4-3-5-7-11)19-18-12-8-15(29(2,27)28)13(22(25)26)9-14(12)23/h3-9,16,23H,1-2H3. The number of rotatable bonds is 5. The minimum Gasteiger partial charge on any atom is -0.505 e. The molecule has 1 atom stereocenters. The third-order valence-electron chi connectivity index (χ3n) is 4.03. The molecule has 11 nitrogen and oxygen atoms in total. The van der Waals surface area contributed by atoms with Gasteiger partial charge in [0, 0.05) is 6.26 Å². The highest BCUT2D eigenvalue weighted by atomic mass is 32.2. The van der Waals surface area contributed by atoms with Crippen LogP contribution in [0.5, 0.6) is 5.75 Å². The number of benzene rings is 2. The minimum absolute atomic E-state index is 0.324. The lowest BCUT2D eigenvalue weighted by atomic mass is 10.2. The summed E-state index contributed by atoms with van der Waals surface area (Å²) in [5.74, 6) is -1.13. The normalized spacial score (nSPS) is 17.0. The summed E-state index contributed by atoms with van der Waals surface area (Å²) >= 11 is 0. The van der Waals surface area contributed by atoms with Crippen LogP contribution in [0.2, 0.25) is 0 Å².